The normalized spacial score (nSPS) is 9.50. The number of nitro benzene ring substituents is 1. The standard InChI is InChI=1S/C8H5IN2O3/c9-7-1-5(3-10)6(4-12)2-8(7)11(13)14/h1-2,12H,4H2. The Morgan fingerprint density at radius 2 is 2.29 bits per heavy atom. The van der Waals surface area contributed by atoms with E-state index in [4.69, 9.17) is 10.4 Å². The third-order valence-corrected chi connectivity index (χ3v) is 2.52. The first kappa shape index (κ1) is 10.9. The molecule has 0 radical (unpaired) electrons. The Morgan fingerprint density at radius 1 is 1.64 bits per heavy atom. The molecule has 0 bridgehead atoms. The third-order valence-electron chi connectivity index (χ3n) is 1.66. The van der Waals surface area contributed by atoms with Crippen LogP contribution in [0, 0.1) is 25.0 Å². The van der Waals surface area contributed by atoms with Crippen molar-refractivity contribution in [2.75, 3.05) is 0 Å². The smallest absolute Gasteiger partial charge is 0.283 e. The molecule has 5 nitrogen and oxygen atoms in total. The summed E-state index contributed by atoms with van der Waals surface area (Å²) in [5, 5.41) is 28.1. The minimum Gasteiger partial charge on any atom is -0.392 e. The highest BCUT2D eigenvalue weighted by Gasteiger charge is 2.15. The van der Waals surface area contributed by atoms with E-state index in [0.717, 1.165) is 0 Å². The van der Waals surface area contributed by atoms with E-state index in [-0.39, 0.29) is 23.4 Å². The van der Waals surface area contributed by atoms with Crippen LogP contribution in [0.5, 0.6) is 0 Å². The first-order valence-corrected chi connectivity index (χ1v) is 4.65. The van der Waals surface area contributed by atoms with Crippen LogP contribution in [0.4, 0.5) is 5.69 Å². The van der Waals surface area contributed by atoms with Crippen LogP contribution in [0.3, 0.4) is 0 Å². The monoisotopic (exact) mass is 304 g/mol. The fraction of sp³-hybridized carbons (Fsp3) is 0.125. The van der Waals surface area contributed by atoms with Gasteiger partial charge in [-0.25, -0.2) is 0 Å². The van der Waals surface area contributed by atoms with Crippen molar-refractivity contribution in [1.82, 2.24) is 0 Å². The van der Waals surface area contributed by atoms with E-state index < -0.39 is 4.92 Å². The van der Waals surface area contributed by atoms with Crippen molar-refractivity contribution in [3.05, 3.63) is 36.9 Å². The van der Waals surface area contributed by atoms with Crippen molar-refractivity contribution in [2.24, 2.45) is 0 Å². The summed E-state index contributed by atoms with van der Waals surface area (Å²) in [7, 11) is 0. The predicted molar refractivity (Wildman–Crippen MR) is 56.5 cm³/mol. The maximum atomic E-state index is 10.5. The average molecular weight is 304 g/mol. The minimum atomic E-state index is -0.540. The lowest BCUT2D eigenvalue weighted by molar-refractivity contribution is -0.385. The van der Waals surface area contributed by atoms with Crippen LogP contribution in [0.2, 0.25) is 0 Å². The molecular formula is C8H5IN2O3. The summed E-state index contributed by atoms with van der Waals surface area (Å²) in [6.07, 6.45) is 0. The molecule has 1 N–H and O–H groups in total. The molecule has 0 aliphatic heterocycles. The van der Waals surface area contributed by atoms with Gasteiger partial charge in [0.1, 0.15) is 0 Å². The summed E-state index contributed by atoms with van der Waals surface area (Å²) in [6.45, 7) is -0.374. The number of halogens is 1. The number of nitrogens with zero attached hydrogens (tertiary/aromatic N) is 2. The molecule has 6 heteroatoms. The number of benzene rings is 1. The van der Waals surface area contributed by atoms with E-state index in [1.165, 1.54) is 12.1 Å². The fourth-order valence-electron chi connectivity index (χ4n) is 0.980. The molecule has 0 amide bonds. The molecule has 1 rings (SSSR count). The van der Waals surface area contributed by atoms with Crippen molar-refractivity contribution < 1.29 is 10.0 Å². The van der Waals surface area contributed by atoms with Crippen molar-refractivity contribution >= 4 is 28.3 Å². The second kappa shape index (κ2) is 4.34. The van der Waals surface area contributed by atoms with Gasteiger partial charge in [0.15, 0.2) is 0 Å². The SMILES string of the molecule is N#Cc1cc(I)c([N+](=O)[O-])cc1CO. The third kappa shape index (κ3) is 2.00. The summed E-state index contributed by atoms with van der Waals surface area (Å²) in [5.41, 5.74) is 0.454. The molecule has 1 aromatic rings. The van der Waals surface area contributed by atoms with Gasteiger partial charge in [-0.15, -0.1) is 0 Å². The summed E-state index contributed by atoms with van der Waals surface area (Å²) in [6, 6.07) is 4.48. The molecule has 0 aliphatic carbocycles. The van der Waals surface area contributed by atoms with Gasteiger partial charge in [-0.3, -0.25) is 10.1 Å². The van der Waals surface area contributed by atoms with E-state index in [9.17, 15) is 10.1 Å². The summed E-state index contributed by atoms with van der Waals surface area (Å²) < 4.78 is 0.390. The first-order valence-electron chi connectivity index (χ1n) is 3.58. The number of hydrogen-bond donors (Lipinski definition) is 1. The summed E-state index contributed by atoms with van der Waals surface area (Å²) in [5.74, 6) is 0. The lowest BCUT2D eigenvalue weighted by atomic mass is 10.1. The van der Waals surface area contributed by atoms with Crippen molar-refractivity contribution in [3.8, 4) is 6.07 Å². The first-order chi connectivity index (χ1) is 6.60. The van der Waals surface area contributed by atoms with Crippen molar-refractivity contribution in [3.63, 3.8) is 0 Å². The zero-order chi connectivity index (χ0) is 10.7. The molecule has 0 saturated carbocycles. The van der Waals surface area contributed by atoms with Crippen molar-refractivity contribution in [1.29, 1.82) is 5.26 Å². The number of rotatable bonds is 2. The zero-order valence-electron chi connectivity index (χ0n) is 6.90. The molecule has 72 valence electrons. The topological polar surface area (TPSA) is 87.2 Å². The van der Waals surface area contributed by atoms with Gasteiger partial charge < -0.3 is 5.11 Å². The van der Waals surface area contributed by atoms with E-state index in [1.807, 2.05) is 6.07 Å². The lowest BCUT2D eigenvalue weighted by Gasteiger charge is -2.01. The van der Waals surface area contributed by atoms with Gasteiger partial charge in [0.25, 0.3) is 5.69 Å². The van der Waals surface area contributed by atoms with Crippen LogP contribution in [-0.2, 0) is 6.61 Å². The van der Waals surface area contributed by atoms with Gasteiger partial charge in [0.2, 0.25) is 0 Å². The Morgan fingerprint density at radius 3 is 2.71 bits per heavy atom. The Kier molecular flexibility index (Phi) is 3.38. The lowest BCUT2D eigenvalue weighted by Crippen LogP contribution is -1.97. The van der Waals surface area contributed by atoms with Crippen LogP contribution in [0.15, 0.2) is 12.1 Å². The van der Waals surface area contributed by atoms with Gasteiger partial charge >= 0.3 is 0 Å². The molecule has 1 aromatic carbocycles. The molecule has 0 aliphatic rings. The second-order valence-electron chi connectivity index (χ2n) is 2.49. The van der Waals surface area contributed by atoms with E-state index in [0.29, 0.717) is 3.57 Å². The maximum Gasteiger partial charge on any atom is 0.283 e. The average Bonchev–Trinajstić information content (AvgIpc) is 2.16. The Bertz CT molecular complexity index is 425. The highest BCUT2D eigenvalue weighted by Crippen LogP contribution is 2.24. The molecule has 0 fully saturated rings. The predicted octanol–water partition coefficient (Wildman–Crippen LogP) is 1.56. The Labute approximate surface area is 93.3 Å². The summed E-state index contributed by atoms with van der Waals surface area (Å²) in [4.78, 5) is 9.99. The van der Waals surface area contributed by atoms with Crippen LogP contribution in [0.25, 0.3) is 0 Å². The molecule has 14 heavy (non-hydrogen) atoms. The van der Waals surface area contributed by atoms with Crippen LogP contribution in [-0.4, -0.2) is 10.0 Å². The highest BCUT2D eigenvalue weighted by atomic mass is 127. The molecule has 0 aromatic heterocycles. The van der Waals surface area contributed by atoms with Gasteiger partial charge in [-0.05, 0) is 28.7 Å². The highest BCUT2D eigenvalue weighted by molar-refractivity contribution is 14.1. The van der Waals surface area contributed by atoms with E-state index in [1.54, 1.807) is 22.6 Å². The molecule has 0 atom stereocenters. The summed E-state index contributed by atoms with van der Waals surface area (Å²) >= 11 is 1.78. The molecule has 0 unspecified atom stereocenters. The van der Waals surface area contributed by atoms with Gasteiger partial charge in [0.05, 0.1) is 26.7 Å². The maximum absolute atomic E-state index is 10.5. The quantitative estimate of drug-likeness (QED) is 0.510. The molecule has 0 spiro atoms. The molecular weight excluding hydrogens is 299 g/mol. The minimum absolute atomic E-state index is 0.0892. The molecule has 0 saturated heterocycles. The van der Waals surface area contributed by atoms with Crippen LogP contribution in [0.1, 0.15) is 11.1 Å². The van der Waals surface area contributed by atoms with Crippen LogP contribution < -0.4 is 0 Å². The van der Waals surface area contributed by atoms with E-state index in [2.05, 4.69) is 0 Å². The second-order valence-corrected chi connectivity index (χ2v) is 3.65. The number of aliphatic hydroxyl groups is 1. The van der Waals surface area contributed by atoms with E-state index >= 15 is 0 Å². The van der Waals surface area contributed by atoms with Gasteiger partial charge in [0, 0.05) is 11.6 Å². The Hall–Kier alpha value is -1.20. The number of nitriles is 1. The number of hydrogen-bond acceptors (Lipinski definition) is 4. The van der Waals surface area contributed by atoms with Crippen LogP contribution >= 0.6 is 22.6 Å². The van der Waals surface area contributed by atoms with Gasteiger partial charge in [-0.2, -0.15) is 5.26 Å². The number of aliphatic hydroxyl groups excluding tert-OH is 1. The largest absolute Gasteiger partial charge is 0.392 e. The fourth-order valence-corrected chi connectivity index (χ4v) is 1.64. The van der Waals surface area contributed by atoms with Gasteiger partial charge in [-0.1, -0.05) is 0 Å². The number of nitro groups is 1. The van der Waals surface area contributed by atoms with Crippen molar-refractivity contribution in [2.45, 2.75) is 6.61 Å². The molecule has 0 heterocycles. The zero-order valence-corrected chi connectivity index (χ0v) is 9.06. The Balaban J connectivity index is 3.39.